The van der Waals surface area contributed by atoms with Gasteiger partial charge in [-0.25, -0.2) is 4.90 Å². The number of carbonyl (C=O) groups is 4. The van der Waals surface area contributed by atoms with Gasteiger partial charge in [0, 0.05) is 21.5 Å². The van der Waals surface area contributed by atoms with Crippen LogP contribution in [0.3, 0.4) is 0 Å². The number of nitrogens with zero attached hydrogens (tertiary/aromatic N) is 2. The van der Waals surface area contributed by atoms with E-state index in [4.69, 9.17) is 23.2 Å². The summed E-state index contributed by atoms with van der Waals surface area (Å²) in [5.74, 6) is -5.30. The third-order valence-corrected chi connectivity index (χ3v) is 11.5. The molecule has 4 aromatic carbocycles. The SMILES string of the molecule is CCc1ccc(N2C(=O)[C@H]3[C@H](CC=C4[C@H]3C[C@H]3C(=O)N(c5cccc(Cl)c5)C(=O)[C@@]3(c3ccccc3)[C@H]4c3cc(Cl)ccc3O)C2=O)cc1. The van der Waals surface area contributed by atoms with Crippen LogP contribution in [0.25, 0.3) is 0 Å². The molecule has 3 fully saturated rings. The molecule has 1 N–H and O–H groups in total. The van der Waals surface area contributed by atoms with Gasteiger partial charge in [-0.15, -0.1) is 0 Å². The van der Waals surface area contributed by atoms with Gasteiger partial charge in [-0.05, 0) is 84.8 Å². The molecule has 0 radical (unpaired) electrons. The molecular weight excluding hydrogens is 659 g/mol. The van der Waals surface area contributed by atoms with Crippen LogP contribution >= 0.6 is 23.2 Å². The highest BCUT2D eigenvalue weighted by atomic mass is 35.5. The number of aromatic hydroxyl groups is 1. The molecule has 2 aliphatic carbocycles. The Hall–Kier alpha value is -4.72. The van der Waals surface area contributed by atoms with Crippen molar-refractivity contribution in [1.82, 2.24) is 0 Å². The van der Waals surface area contributed by atoms with Gasteiger partial charge in [-0.2, -0.15) is 0 Å². The van der Waals surface area contributed by atoms with E-state index in [-0.39, 0.29) is 30.4 Å². The first-order chi connectivity index (χ1) is 23.7. The Labute approximate surface area is 293 Å². The lowest BCUT2D eigenvalue weighted by Crippen LogP contribution is -2.53. The van der Waals surface area contributed by atoms with Crippen LogP contribution in [0.1, 0.15) is 42.4 Å². The van der Waals surface area contributed by atoms with Crippen LogP contribution in [0.4, 0.5) is 11.4 Å². The summed E-state index contributed by atoms with van der Waals surface area (Å²) < 4.78 is 0. The molecule has 246 valence electrons. The summed E-state index contributed by atoms with van der Waals surface area (Å²) in [6.45, 7) is 2.04. The molecule has 0 unspecified atom stereocenters. The lowest BCUT2D eigenvalue weighted by atomic mass is 9.49. The van der Waals surface area contributed by atoms with Gasteiger partial charge in [0.1, 0.15) is 5.75 Å². The van der Waals surface area contributed by atoms with Crippen LogP contribution in [0.2, 0.25) is 10.0 Å². The first kappa shape index (κ1) is 31.5. The number of allylic oxidation sites excluding steroid dienone is 2. The molecule has 49 heavy (non-hydrogen) atoms. The second-order valence-corrected chi connectivity index (χ2v) is 14.2. The highest BCUT2D eigenvalue weighted by Crippen LogP contribution is 2.65. The fraction of sp³-hybridized carbons (Fsp3) is 0.250. The molecule has 8 rings (SSSR count). The Kier molecular flexibility index (Phi) is 7.54. The van der Waals surface area contributed by atoms with Crippen LogP contribution in [0.5, 0.6) is 5.75 Å². The highest BCUT2D eigenvalue weighted by molar-refractivity contribution is 6.32. The zero-order valence-electron chi connectivity index (χ0n) is 26.6. The molecule has 7 nitrogen and oxygen atoms in total. The lowest BCUT2D eigenvalue weighted by Gasteiger charge is -2.50. The van der Waals surface area contributed by atoms with Crippen LogP contribution in [0.15, 0.2) is 109 Å². The molecule has 9 heteroatoms. The third kappa shape index (κ3) is 4.55. The number of fused-ring (bicyclic) bond motifs is 4. The van der Waals surface area contributed by atoms with E-state index in [0.717, 1.165) is 17.6 Å². The predicted octanol–water partition coefficient (Wildman–Crippen LogP) is 7.63. The second-order valence-electron chi connectivity index (χ2n) is 13.3. The van der Waals surface area contributed by atoms with Crippen LogP contribution in [-0.4, -0.2) is 28.7 Å². The Morgan fingerprint density at radius 3 is 2.20 bits per heavy atom. The highest BCUT2D eigenvalue weighted by Gasteiger charge is 2.70. The normalized spacial score (nSPS) is 27.6. The molecule has 1 saturated carbocycles. The zero-order valence-corrected chi connectivity index (χ0v) is 28.1. The Balaban J connectivity index is 1.35. The summed E-state index contributed by atoms with van der Waals surface area (Å²) in [5, 5.41) is 12.2. The minimum Gasteiger partial charge on any atom is -0.508 e. The van der Waals surface area contributed by atoms with E-state index < -0.39 is 46.8 Å². The number of phenolic OH excluding ortho intramolecular Hbond substituents is 1. The topological polar surface area (TPSA) is 95.0 Å². The molecule has 0 aromatic heterocycles. The molecule has 0 spiro atoms. The Morgan fingerprint density at radius 1 is 0.755 bits per heavy atom. The van der Waals surface area contributed by atoms with Gasteiger partial charge in [-0.1, -0.05) is 90.3 Å². The van der Waals surface area contributed by atoms with E-state index in [1.54, 1.807) is 48.5 Å². The average Bonchev–Trinajstić information content (AvgIpc) is 3.50. The molecule has 4 aliphatic rings. The van der Waals surface area contributed by atoms with E-state index in [1.807, 2.05) is 55.5 Å². The monoisotopic (exact) mass is 690 g/mol. The Morgan fingerprint density at radius 2 is 1.49 bits per heavy atom. The second kappa shape index (κ2) is 11.7. The van der Waals surface area contributed by atoms with Gasteiger partial charge in [0.15, 0.2) is 0 Å². The van der Waals surface area contributed by atoms with Crippen molar-refractivity contribution in [1.29, 1.82) is 0 Å². The summed E-state index contributed by atoms with van der Waals surface area (Å²) in [6, 6.07) is 27.9. The number of benzene rings is 4. The van der Waals surface area contributed by atoms with Crippen LogP contribution in [-0.2, 0) is 31.0 Å². The van der Waals surface area contributed by atoms with E-state index >= 15 is 4.79 Å². The van der Waals surface area contributed by atoms with Crippen LogP contribution < -0.4 is 9.80 Å². The van der Waals surface area contributed by atoms with Gasteiger partial charge in [0.2, 0.25) is 23.6 Å². The number of phenols is 1. The van der Waals surface area contributed by atoms with Crippen molar-refractivity contribution in [3.05, 3.63) is 135 Å². The minimum atomic E-state index is -1.50. The van der Waals surface area contributed by atoms with Gasteiger partial charge in [0.05, 0.1) is 34.5 Å². The van der Waals surface area contributed by atoms with Crippen LogP contribution in [0, 0.1) is 23.7 Å². The maximum Gasteiger partial charge on any atom is 0.246 e. The van der Waals surface area contributed by atoms with E-state index in [9.17, 15) is 19.5 Å². The van der Waals surface area contributed by atoms with E-state index in [0.29, 0.717) is 32.5 Å². The first-order valence-electron chi connectivity index (χ1n) is 16.5. The largest absolute Gasteiger partial charge is 0.508 e. The number of imide groups is 2. The van der Waals surface area contributed by atoms with Crippen molar-refractivity contribution in [2.24, 2.45) is 23.7 Å². The number of rotatable bonds is 5. The van der Waals surface area contributed by atoms with Crippen molar-refractivity contribution in [2.45, 2.75) is 37.5 Å². The maximum atomic E-state index is 15.3. The number of anilines is 2. The average molecular weight is 692 g/mol. The number of hydrogen-bond acceptors (Lipinski definition) is 5. The zero-order chi connectivity index (χ0) is 34.2. The molecule has 6 atom stereocenters. The lowest BCUT2D eigenvalue weighted by molar-refractivity contribution is -0.127. The fourth-order valence-corrected chi connectivity index (χ4v) is 9.35. The quantitative estimate of drug-likeness (QED) is 0.172. The smallest absolute Gasteiger partial charge is 0.246 e. The Bertz CT molecular complexity index is 2080. The van der Waals surface area contributed by atoms with Crippen molar-refractivity contribution >= 4 is 58.2 Å². The fourth-order valence-electron chi connectivity index (χ4n) is 8.98. The summed E-state index contributed by atoms with van der Waals surface area (Å²) >= 11 is 13.0. The molecule has 2 saturated heterocycles. The number of carbonyl (C=O) groups excluding carboxylic acids is 4. The first-order valence-corrected chi connectivity index (χ1v) is 17.3. The number of aryl methyl sites for hydroxylation is 1. The summed E-state index contributed by atoms with van der Waals surface area (Å²) in [7, 11) is 0. The predicted molar refractivity (Wildman–Crippen MR) is 188 cm³/mol. The summed E-state index contributed by atoms with van der Waals surface area (Å²) in [6.07, 6.45) is 3.22. The van der Waals surface area contributed by atoms with Gasteiger partial charge >= 0.3 is 0 Å². The minimum absolute atomic E-state index is 0.0833. The standard InChI is InChI=1S/C40H32Cl2N2O5/c1-2-22-11-14-26(15-12-22)43-36(46)29-17-16-28-30(34(29)38(43)48)21-32-37(47)44(27-10-6-9-24(41)19-27)39(49)40(32,23-7-4-3-5-8-23)35(28)31-20-25(42)13-18-33(31)45/h3-16,18-20,29-30,32,34-35,45H,2,17,21H2,1H3/t29-,30+,32-,34-,35+,40+/m0/s1. The van der Waals surface area contributed by atoms with Gasteiger partial charge in [0.25, 0.3) is 0 Å². The van der Waals surface area contributed by atoms with Crippen molar-refractivity contribution < 1.29 is 24.3 Å². The van der Waals surface area contributed by atoms with Crippen molar-refractivity contribution in [2.75, 3.05) is 9.80 Å². The van der Waals surface area contributed by atoms with E-state index in [2.05, 4.69) is 0 Å². The van der Waals surface area contributed by atoms with Crippen molar-refractivity contribution in [3.8, 4) is 5.75 Å². The summed E-state index contributed by atoms with van der Waals surface area (Å²) in [4.78, 5) is 61.0. The molecule has 2 heterocycles. The molecule has 0 bridgehead atoms. The third-order valence-electron chi connectivity index (χ3n) is 11.1. The molecule has 2 aliphatic heterocycles. The maximum absolute atomic E-state index is 15.3. The van der Waals surface area contributed by atoms with Crippen molar-refractivity contribution in [3.63, 3.8) is 0 Å². The number of halogens is 2. The van der Waals surface area contributed by atoms with E-state index in [1.165, 1.54) is 15.9 Å². The van der Waals surface area contributed by atoms with Gasteiger partial charge in [-0.3, -0.25) is 24.1 Å². The summed E-state index contributed by atoms with van der Waals surface area (Å²) in [5.41, 5.74) is 2.18. The molecule has 4 amide bonds. The molecular formula is C40H32Cl2N2O5. The van der Waals surface area contributed by atoms with Gasteiger partial charge < -0.3 is 5.11 Å². The molecule has 4 aromatic rings. The number of hydrogen-bond donors (Lipinski definition) is 1. The number of amides is 4.